The molecule has 10 heteroatoms. The van der Waals surface area contributed by atoms with E-state index >= 15 is 0 Å². The van der Waals surface area contributed by atoms with E-state index in [1.807, 2.05) is 12.1 Å². The fraction of sp³-hybridized carbons (Fsp3) is 0.273. The third kappa shape index (κ3) is 4.50. The summed E-state index contributed by atoms with van der Waals surface area (Å²) in [6.07, 6.45) is -2.85. The number of nitrogens with zero attached hydrogens (tertiary/aromatic N) is 4. The van der Waals surface area contributed by atoms with Crippen LogP contribution >= 0.6 is 11.3 Å². The van der Waals surface area contributed by atoms with Crippen molar-refractivity contribution in [2.45, 2.75) is 13.1 Å². The van der Waals surface area contributed by atoms with Crippen molar-refractivity contribution in [3.63, 3.8) is 0 Å². The molecule has 0 atom stereocenters. The van der Waals surface area contributed by atoms with Crippen LogP contribution in [-0.4, -0.2) is 57.8 Å². The Labute approximate surface area is 186 Å². The summed E-state index contributed by atoms with van der Waals surface area (Å²) in [6, 6.07) is 9.86. The van der Waals surface area contributed by atoms with E-state index < -0.39 is 17.6 Å². The van der Waals surface area contributed by atoms with E-state index in [1.165, 1.54) is 28.4 Å². The summed E-state index contributed by atoms with van der Waals surface area (Å²) < 4.78 is 38.8. The first kappa shape index (κ1) is 21.9. The van der Waals surface area contributed by atoms with Crippen molar-refractivity contribution in [1.29, 1.82) is 0 Å². The van der Waals surface area contributed by atoms with Gasteiger partial charge in [0.25, 0.3) is 11.8 Å². The van der Waals surface area contributed by atoms with E-state index in [4.69, 9.17) is 0 Å². The van der Waals surface area contributed by atoms with Gasteiger partial charge in [-0.25, -0.2) is 4.98 Å². The van der Waals surface area contributed by atoms with E-state index in [2.05, 4.69) is 9.97 Å². The van der Waals surface area contributed by atoms with Crippen molar-refractivity contribution in [3.05, 3.63) is 70.4 Å². The number of carbonyl (C=O) groups is 2. The number of rotatable bonds is 3. The molecule has 0 aliphatic carbocycles. The summed E-state index contributed by atoms with van der Waals surface area (Å²) in [4.78, 5) is 38.0. The second-order valence-electron chi connectivity index (χ2n) is 7.31. The van der Waals surface area contributed by atoms with Crippen molar-refractivity contribution >= 4 is 23.2 Å². The Balaban J connectivity index is 1.42. The number of aromatic nitrogens is 2. The fourth-order valence-corrected chi connectivity index (χ4v) is 4.47. The molecule has 4 rings (SSSR count). The molecular weight excluding hydrogens is 441 g/mol. The van der Waals surface area contributed by atoms with Gasteiger partial charge in [-0.3, -0.25) is 14.6 Å². The molecule has 0 radical (unpaired) electrons. The number of thiazole rings is 1. The molecule has 0 unspecified atom stereocenters. The van der Waals surface area contributed by atoms with Gasteiger partial charge in [0.1, 0.15) is 9.88 Å². The van der Waals surface area contributed by atoms with Crippen LogP contribution < -0.4 is 0 Å². The van der Waals surface area contributed by atoms with Crippen LogP contribution in [0.4, 0.5) is 13.2 Å². The third-order valence-corrected chi connectivity index (χ3v) is 6.33. The molecule has 1 fully saturated rings. The number of hydrogen-bond donors (Lipinski definition) is 0. The van der Waals surface area contributed by atoms with Crippen molar-refractivity contribution in [3.8, 4) is 10.7 Å². The Kier molecular flexibility index (Phi) is 5.96. The molecule has 0 saturated carbocycles. The average Bonchev–Trinajstić information content (AvgIpc) is 3.20. The number of amides is 2. The van der Waals surface area contributed by atoms with E-state index in [0.29, 0.717) is 34.4 Å². The Morgan fingerprint density at radius 3 is 2.28 bits per heavy atom. The highest BCUT2D eigenvalue weighted by Crippen LogP contribution is 2.30. The molecule has 1 aliphatic heterocycles. The minimum atomic E-state index is -4.51. The summed E-state index contributed by atoms with van der Waals surface area (Å²) in [5.41, 5.74) is 0.429. The molecule has 3 aromatic rings. The zero-order valence-corrected chi connectivity index (χ0v) is 17.9. The smallest absolute Gasteiger partial charge is 0.335 e. The highest BCUT2D eigenvalue weighted by atomic mass is 32.1. The Bertz CT molecular complexity index is 1140. The zero-order valence-electron chi connectivity index (χ0n) is 17.1. The van der Waals surface area contributed by atoms with Gasteiger partial charge in [0.05, 0.1) is 17.0 Å². The van der Waals surface area contributed by atoms with Gasteiger partial charge < -0.3 is 9.80 Å². The number of aryl methyl sites for hydroxylation is 1. The van der Waals surface area contributed by atoms with Crippen LogP contribution in [-0.2, 0) is 6.18 Å². The molecule has 6 nitrogen and oxygen atoms in total. The number of piperazine rings is 1. The number of halogens is 3. The first-order valence-electron chi connectivity index (χ1n) is 9.88. The lowest BCUT2D eigenvalue weighted by molar-refractivity contribution is -0.137. The quantitative estimate of drug-likeness (QED) is 0.590. The van der Waals surface area contributed by atoms with Gasteiger partial charge in [-0.1, -0.05) is 12.1 Å². The number of hydrogen-bond acceptors (Lipinski definition) is 5. The molecule has 0 spiro atoms. The SMILES string of the molecule is Cc1nc(-c2ccccn2)sc1C(=O)N1CCN(C(=O)c2cccc(C(F)(F)F)c2)CC1. The highest BCUT2D eigenvalue weighted by Gasteiger charge is 2.32. The van der Waals surface area contributed by atoms with E-state index in [9.17, 15) is 22.8 Å². The average molecular weight is 460 g/mol. The lowest BCUT2D eigenvalue weighted by Gasteiger charge is -2.34. The molecule has 3 heterocycles. The Morgan fingerprint density at radius 1 is 0.969 bits per heavy atom. The summed E-state index contributed by atoms with van der Waals surface area (Å²) in [5.74, 6) is -0.650. The second-order valence-corrected chi connectivity index (χ2v) is 8.31. The van der Waals surface area contributed by atoms with Crippen LogP contribution in [0.5, 0.6) is 0 Å². The fourth-order valence-electron chi connectivity index (χ4n) is 3.46. The molecular formula is C22H19F3N4O2S. The molecule has 166 valence electrons. The zero-order chi connectivity index (χ0) is 22.9. The van der Waals surface area contributed by atoms with E-state index in [1.54, 1.807) is 24.1 Å². The van der Waals surface area contributed by atoms with Gasteiger partial charge in [-0.05, 0) is 37.3 Å². The van der Waals surface area contributed by atoms with Crippen LogP contribution in [0.1, 0.15) is 31.3 Å². The van der Waals surface area contributed by atoms with Crippen LogP contribution in [0.3, 0.4) is 0 Å². The summed E-state index contributed by atoms with van der Waals surface area (Å²) >= 11 is 1.27. The second kappa shape index (κ2) is 8.70. The van der Waals surface area contributed by atoms with Crippen molar-refractivity contribution in [1.82, 2.24) is 19.8 Å². The monoisotopic (exact) mass is 460 g/mol. The Hall–Kier alpha value is -3.27. The van der Waals surface area contributed by atoms with Crippen molar-refractivity contribution < 1.29 is 22.8 Å². The molecule has 1 saturated heterocycles. The molecule has 1 aromatic carbocycles. The molecule has 0 bridgehead atoms. The number of pyridine rings is 1. The van der Waals surface area contributed by atoms with Crippen LogP contribution in [0, 0.1) is 6.92 Å². The van der Waals surface area contributed by atoms with Crippen molar-refractivity contribution in [2.75, 3.05) is 26.2 Å². The predicted molar refractivity (Wildman–Crippen MR) is 113 cm³/mol. The normalized spacial score (nSPS) is 14.5. The van der Waals surface area contributed by atoms with Gasteiger partial charge >= 0.3 is 6.18 Å². The minimum absolute atomic E-state index is 0.0158. The lowest BCUT2D eigenvalue weighted by Crippen LogP contribution is -2.50. The van der Waals surface area contributed by atoms with Gasteiger partial charge in [0.2, 0.25) is 0 Å². The van der Waals surface area contributed by atoms with Gasteiger partial charge in [-0.2, -0.15) is 13.2 Å². The molecule has 2 amide bonds. The predicted octanol–water partition coefficient (Wildman–Crippen LogP) is 4.13. The summed E-state index contributed by atoms with van der Waals surface area (Å²) in [5, 5.41) is 0.657. The maximum absolute atomic E-state index is 13.0. The number of alkyl halides is 3. The number of carbonyl (C=O) groups excluding carboxylic acids is 2. The summed E-state index contributed by atoms with van der Waals surface area (Å²) in [7, 11) is 0. The Morgan fingerprint density at radius 2 is 1.66 bits per heavy atom. The highest BCUT2D eigenvalue weighted by molar-refractivity contribution is 7.17. The van der Waals surface area contributed by atoms with Gasteiger partial charge in [0.15, 0.2) is 0 Å². The molecule has 0 N–H and O–H groups in total. The maximum atomic E-state index is 13.0. The van der Waals surface area contributed by atoms with Gasteiger partial charge in [0, 0.05) is 37.9 Å². The molecule has 32 heavy (non-hydrogen) atoms. The maximum Gasteiger partial charge on any atom is 0.416 e. The van der Waals surface area contributed by atoms with Crippen LogP contribution in [0.25, 0.3) is 10.7 Å². The van der Waals surface area contributed by atoms with E-state index in [0.717, 1.165) is 12.1 Å². The lowest BCUT2D eigenvalue weighted by atomic mass is 10.1. The molecule has 1 aliphatic rings. The van der Waals surface area contributed by atoms with Crippen molar-refractivity contribution in [2.24, 2.45) is 0 Å². The third-order valence-electron chi connectivity index (χ3n) is 5.17. The minimum Gasteiger partial charge on any atom is -0.335 e. The van der Waals surface area contributed by atoms with E-state index in [-0.39, 0.29) is 24.6 Å². The first-order valence-corrected chi connectivity index (χ1v) is 10.7. The van der Waals surface area contributed by atoms with Crippen LogP contribution in [0.2, 0.25) is 0 Å². The number of benzene rings is 1. The largest absolute Gasteiger partial charge is 0.416 e. The topological polar surface area (TPSA) is 66.4 Å². The van der Waals surface area contributed by atoms with Crippen LogP contribution in [0.15, 0.2) is 48.7 Å². The molecule has 2 aromatic heterocycles. The first-order chi connectivity index (χ1) is 15.2. The summed E-state index contributed by atoms with van der Waals surface area (Å²) in [6.45, 7) is 2.83. The van der Waals surface area contributed by atoms with Gasteiger partial charge in [-0.15, -0.1) is 11.3 Å². The standard InChI is InChI=1S/C22H19F3N4O2S/c1-14-18(32-19(27-14)17-7-2-3-8-26-17)21(31)29-11-9-28(10-12-29)20(30)15-5-4-6-16(13-15)22(23,24)25/h2-8,13H,9-12H2,1H3.